The Labute approximate surface area is 341 Å². The molecule has 8 aromatic carbocycles. The largest absolute Gasteiger partial charge is 0.456 e. The van der Waals surface area contributed by atoms with Crippen LogP contribution in [0.3, 0.4) is 0 Å². The summed E-state index contributed by atoms with van der Waals surface area (Å²) in [7, 11) is 0. The Morgan fingerprint density at radius 3 is 1.55 bits per heavy atom. The van der Waals surface area contributed by atoms with Crippen LogP contribution < -0.4 is 0 Å². The Morgan fingerprint density at radius 1 is 0.350 bits per heavy atom. The number of hydrogen-bond acceptors (Lipinski definition) is 6. The van der Waals surface area contributed by atoms with Gasteiger partial charge < -0.3 is 8.83 Å². The zero-order chi connectivity index (χ0) is 39.3. The average molecular weight is 771 g/mol. The van der Waals surface area contributed by atoms with E-state index in [9.17, 15) is 0 Å². The van der Waals surface area contributed by atoms with Crippen molar-refractivity contribution >= 4 is 71.7 Å². The van der Waals surface area contributed by atoms with Gasteiger partial charge in [0, 0.05) is 32.8 Å². The van der Waals surface area contributed by atoms with Crippen molar-refractivity contribution < 1.29 is 8.83 Å². The maximum Gasteiger partial charge on any atom is 0.220 e. The highest BCUT2D eigenvalue weighted by atomic mass is 16.3. The fraction of sp³-hybridized carbons (Fsp3) is 0. The topological polar surface area (TPSA) is 87.2 Å². The molecule has 13 aromatic rings. The summed E-state index contributed by atoms with van der Waals surface area (Å²) < 4.78 is 17.5. The molecule has 0 aliphatic carbocycles. The SMILES string of the molecule is c1ccc(-c2nc(-c3ccccc3)nc(-c3ccc4oc5ccc(-c6ccc7oc8cccc(-n9c%10ccccc%10n%10c%11ccccc%11nc9%10)c8c7c6)cc5c4c3)n2)cc1. The van der Waals surface area contributed by atoms with Gasteiger partial charge in [-0.3, -0.25) is 8.97 Å². The minimum Gasteiger partial charge on any atom is -0.456 e. The maximum atomic E-state index is 6.54. The first kappa shape index (κ1) is 32.7. The van der Waals surface area contributed by atoms with Gasteiger partial charge in [-0.15, -0.1) is 0 Å². The molecule has 8 heteroatoms. The molecule has 5 heterocycles. The van der Waals surface area contributed by atoms with Gasteiger partial charge in [-0.2, -0.15) is 0 Å². The number of benzene rings is 8. The van der Waals surface area contributed by atoms with E-state index in [1.165, 1.54) is 0 Å². The normalized spacial score (nSPS) is 12.0. The van der Waals surface area contributed by atoms with Crippen molar-refractivity contribution in [1.82, 2.24) is 28.9 Å². The van der Waals surface area contributed by atoms with Crippen LogP contribution in [0, 0.1) is 0 Å². The molecule has 0 unspecified atom stereocenters. The summed E-state index contributed by atoms with van der Waals surface area (Å²) in [6, 6.07) is 62.1. The summed E-state index contributed by atoms with van der Waals surface area (Å²) in [6.45, 7) is 0. The van der Waals surface area contributed by atoms with Crippen molar-refractivity contribution in [3.05, 3.63) is 182 Å². The number of hydrogen-bond donors (Lipinski definition) is 0. The summed E-state index contributed by atoms with van der Waals surface area (Å²) in [5.74, 6) is 2.70. The molecule has 0 fully saturated rings. The molecule has 0 aliphatic heterocycles. The smallest absolute Gasteiger partial charge is 0.220 e. The molecular weight excluding hydrogens is 741 g/mol. The lowest BCUT2D eigenvalue weighted by atomic mass is 10.00. The van der Waals surface area contributed by atoms with Crippen LogP contribution in [0.15, 0.2) is 191 Å². The molecular formula is C52H30N6O2. The summed E-state index contributed by atoms with van der Waals surface area (Å²) in [5, 5.41) is 4.06. The van der Waals surface area contributed by atoms with Crippen LogP contribution in [0.2, 0.25) is 0 Å². The van der Waals surface area contributed by atoms with E-state index in [1.54, 1.807) is 0 Å². The second-order valence-corrected chi connectivity index (χ2v) is 15.1. The van der Waals surface area contributed by atoms with E-state index in [-0.39, 0.29) is 0 Å². The molecule has 0 aliphatic rings. The monoisotopic (exact) mass is 770 g/mol. The molecule has 8 nitrogen and oxygen atoms in total. The number of fused-ring (bicyclic) bond motifs is 11. The molecule has 13 rings (SSSR count). The van der Waals surface area contributed by atoms with Gasteiger partial charge >= 0.3 is 0 Å². The van der Waals surface area contributed by atoms with Crippen LogP contribution in [-0.4, -0.2) is 28.9 Å². The van der Waals surface area contributed by atoms with Gasteiger partial charge in [0.05, 0.1) is 33.1 Å². The van der Waals surface area contributed by atoms with Gasteiger partial charge in [0.25, 0.3) is 0 Å². The molecule has 0 bridgehead atoms. The standard InChI is InChI=1S/C52H30N6O2/c1-3-12-31(13-4-1)49-54-50(32-14-5-2-6-15-32)56-51(55-49)35-24-27-45-37(30-35)36-28-33(22-25-44(36)59-45)34-23-26-46-38(29-34)48-43(20-11-21-47(48)60-46)58-42-19-10-9-18-41(42)57-40-17-8-7-16-39(40)53-52(57)58/h1-30H. The van der Waals surface area contributed by atoms with Crippen molar-refractivity contribution in [2.24, 2.45) is 0 Å². The summed E-state index contributed by atoms with van der Waals surface area (Å²) in [5.41, 5.74) is 13.3. The first-order valence-corrected chi connectivity index (χ1v) is 19.9. The van der Waals surface area contributed by atoms with Crippen LogP contribution >= 0.6 is 0 Å². The molecule has 280 valence electrons. The maximum absolute atomic E-state index is 6.54. The third-order valence-corrected chi connectivity index (χ3v) is 11.6. The van der Waals surface area contributed by atoms with Crippen molar-refractivity contribution in [3.8, 4) is 51.0 Å². The number of para-hydroxylation sites is 4. The van der Waals surface area contributed by atoms with Gasteiger partial charge in [0.15, 0.2) is 17.5 Å². The molecule has 60 heavy (non-hydrogen) atoms. The van der Waals surface area contributed by atoms with E-state index in [0.717, 1.165) is 105 Å². The molecule has 0 amide bonds. The van der Waals surface area contributed by atoms with Crippen LogP contribution in [-0.2, 0) is 0 Å². The predicted octanol–water partition coefficient (Wildman–Crippen LogP) is 13.1. The summed E-state index contributed by atoms with van der Waals surface area (Å²) >= 11 is 0. The van der Waals surface area contributed by atoms with Gasteiger partial charge in [0.1, 0.15) is 22.3 Å². The fourth-order valence-electron chi connectivity index (χ4n) is 8.80. The zero-order valence-electron chi connectivity index (χ0n) is 31.8. The second kappa shape index (κ2) is 12.6. The summed E-state index contributed by atoms with van der Waals surface area (Å²) in [6.07, 6.45) is 0. The number of imidazole rings is 2. The van der Waals surface area contributed by atoms with Crippen molar-refractivity contribution in [2.75, 3.05) is 0 Å². The Balaban J connectivity index is 0.965. The molecule has 0 saturated carbocycles. The minimum absolute atomic E-state index is 0.597. The first-order chi connectivity index (χ1) is 29.7. The van der Waals surface area contributed by atoms with Crippen molar-refractivity contribution in [1.29, 1.82) is 0 Å². The van der Waals surface area contributed by atoms with E-state index in [1.807, 2.05) is 84.9 Å². The fourth-order valence-corrected chi connectivity index (χ4v) is 8.80. The van der Waals surface area contributed by atoms with Gasteiger partial charge in [-0.05, 0) is 90.0 Å². The lowest BCUT2D eigenvalue weighted by molar-refractivity contribution is 0.668. The molecule has 0 atom stereocenters. The highest BCUT2D eigenvalue weighted by Crippen LogP contribution is 2.40. The zero-order valence-corrected chi connectivity index (χ0v) is 31.8. The Kier molecular flexibility index (Phi) is 6.85. The van der Waals surface area contributed by atoms with E-state index in [0.29, 0.717) is 17.5 Å². The average Bonchev–Trinajstić information content (AvgIpc) is 4.07. The van der Waals surface area contributed by atoms with E-state index in [4.69, 9.17) is 28.8 Å². The van der Waals surface area contributed by atoms with E-state index < -0.39 is 0 Å². The molecule has 0 N–H and O–H groups in total. The van der Waals surface area contributed by atoms with E-state index in [2.05, 4.69) is 106 Å². The number of furan rings is 2. The lowest BCUT2D eigenvalue weighted by Gasteiger charge is -2.08. The number of rotatable bonds is 5. The molecule has 0 spiro atoms. The highest BCUT2D eigenvalue weighted by Gasteiger charge is 2.21. The highest BCUT2D eigenvalue weighted by molar-refractivity contribution is 6.12. The Hall–Kier alpha value is -8.36. The van der Waals surface area contributed by atoms with Crippen LogP contribution in [0.4, 0.5) is 0 Å². The second-order valence-electron chi connectivity index (χ2n) is 15.1. The van der Waals surface area contributed by atoms with Crippen molar-refractivity contribution in [2.45, 2.75) is 0 Å². The van der Waals surface area contributed by atoms with Gasteiger partial charge in [0.2, 0.25) is 5.78 Å². The number of aromatic nitrogens is 6. The quantitative estimate of drug-likeness (QED) is 0.173. The molecule has 5 aromatic heterocycles. The van der Waals surface area contributed by atoms with Crippen molar-refractivity contribution in [3.63, 3.8) is 0 Å². The Bertz CT molecular complexity index is 3780. The molecule has 0 radical (unpaired) electrons. The lowest BCUT2D eigenvalue weighted by Crippen LogP contribution is -2.00. The van der Waals surface area contributed by atoms with Crippen LogP contribution in [0.1, 0.15) is 0 Å². The van der Waals surface area contributed by atoms with E-state index >= 15 is 0 Å². The first-order valence-electron chi connectivity index (χ1n) is 19.9. The third-order valence-electron chi connectivity index (χ3n) is 11.6. The van der Waals surface area contributed by atoms with Crippen LogP contribution in [0.25, 0.3) is 123 Å². The minimum atomic E-state index is 0.597. The Morgan fingerprint density at radius 2 is 0.867 bits per heavy atom. The third kappa shape index (κ3) is 4.91. The molecule has 0 saturated heterocycles. The predicted molar refractivity (Wildman–Crippen MR) is 239 cm³/mol. The van der Waals surface area contributed by atoms with Crippen LogP contribution in [0.5, 0.6) is 0 Å². The van der Waals surface area contributed by atoms with Gasteiger partial charge in [-0.25, -0.2) is 19.9 Å². The summed E-state index contributed by atoms with van der Waals surface area (Å²) in [4.78, 5) is 20.0. The number of nitrogens with zero attached hydrogens (tertiary/aromatic N) is 6. The van der Waals surface area contributed by atoms with Gasteiger partial charge in [-0.1, -0.05) is 103 Å².